The van der Waals surface area contributed by atoms with Crippen LogP contribution < -0.4 is 5.32 Å². The molecule has 1 aliphatic rings. The van der Waals surface area contributed by atoms with Gasteiger partial charge in [0.2, 0.25) is 5.91 Å². The van der Waals surface area contributed by atoms with Crippen molar-refractivity contribution >= 4 is 23.6 Å². The van der Waals surface area contributed by atoms with E-state index in [1.165, 1.54) is 18.9 Å². The van der Waals surface area contributed by atoms with Crippen molar-refractivity contribution in [2.45, 2.75) is 32.2 Å². The van der Waals surface area contributed by atoms with Crippen molar-refractivity contribution in [2.24, 2.45) is 0 Å². The lowest BCUT2D eigenvalue weighted by Gasteiger charge is -2.17. The van der Waals surface area contributed by atoms with Crippen LogP contribution in [0.25, 0.3) is 0 Å². The first-order chi connectivity index (χ1) is 9.19. The van der Waals surface area contributed by atoms with Crippen LogP contribution >= 0.6 is 11.8 Å². The van der Waals surface area contributed by atoms with Crippen molar-refractivity contribution in [3.05, 3.63) is 0 Å². The molecule has 0 radical (unpaired) electrons. The largest absolute Gasteiger partial charge is 0.468 e. The van der Waals surface area contributed by atoms with Gasteiger partial charge in [-0.1, -0.05) is 6.92 Å². The lowest BCUT2D eigenvalue weighted by atomic mass is 10.3. The van der Waals surface area contributed by atoms with E-state index in [0.29, 0.717) is 11.5 Å². The maximum Gasteiger partial charge on any atom is 0.323 e. The molecule has 110 valence electrons. The Morgan fingerprint density at radius 1 is 1.37 bits per heavy atom. The summed E-state index contributed by atoms with van der Waals surface area (Å²) in [6.45, 7) is 4.59. The summed E-state index contributed by atoms with van der Waals surface area (Å²) in [5.74, 6) is 0.948. The number of hydrogen-bond acceptors (Lipinski definition) is 5. The van der Waals surface area contributed by atoms with E-state index in [4.69, 9.17) is 4.74 Å². The fraction of sp³-hybridized carbons (Fsp3) is 0.846. The number of likely N-dealkylation sites (tertiary alicyclic amines) is 1. The molecule has 0 aliphatic carbocycles. The Bertz CT molecular complexity index is 294. The molecule has 19 heavy (non-hydrogen) atoms. The number of rotatable bonds is 8. The lowest BCUT2D eigenvalue weighted by molar-refractivity contribution is -0.142. The number of thioether (sulfide) groups is 1. The third kappa shape index (κ3) is 5.82. The first kappa shape index (κ1) is 16.3. The highest BCUT2D eigenvalue weighted by Crippen LogP contribution is 2.11. The Kier molecular flexibility index (Phi) is 7.90. The molecule has 0 spiro atoms. The maximum absolute atomic E-state index is 11.8. The average molecular weight is 288 g/mol. The van der Waals surface area contributed by atoms with E-state index in [1.54, 1.807) is 0 Å². The normalized spacial score (nSPS) is 16.4. The molecule has 1 fully saturated rings. The van der Waals surface area contributed by atoms with E-state index in [1.807, 2.05) is 11.8 Å². The highest BCUT2D eigenvalue weighted by Gasteiger charge is 2.21. The van der Waals surface area contributed by atoms with Gasteiger partial charge in [-0.05, 0) is 25.8 Å². The number of carbonyl (C=O) groups is 2. The van der Waals surface area contributed by atoms with Gasteiger partial charge in [-0.2, -0.15) is 0 Å². The van der Waals surface area contributed by atoms with Gasteiger partial charge in [0, 0.05) is 18.8 Å². The molecule has 0 aromatic heterocycles. The summed E-state index contributed by atoms with van der Waals surface area (Å²) in [5, 5.41) is 3.14. The number of methoxy groups -OCH3 is 1. The monoisotopic (exact) mass is 288 g/mol. The molecule has 1 saturated heterocycles. The molecule has 1 aliphatic heterocycles. The van der Waals surface area contributed by atoms with E-state index >= 15 is 0 Å². The smallest absolute Gasteiger partial charge is 0.323 e. The third-order valence-corrected chi connectivity index (χ3v) is 4.12. The number of ether oxygens (including phenoxy) is 1. The zero-order chi connectivity index (χ0) is 14.1. The van der Waals surface area contributed by atoms with Crippen LogP contribution in [0.3, 0.4) is 0 Å². The van der Waals surface area contributed by atoms with Crippen molar-refractivity contribution in [2.75, 3.05) is 38.2 Å². The molecule has 6 heteroatoms. The SMILES string of the molecule is CCCNC(CSCC(=O)N1CCCC1)C(=O)OC. The van der Waals surface area contributed by atoms with Crippen LogP contribution in [-0.2, 0) is 14.3 Å². The number of nitrogens with one attached hydrogen (secondary N) is 1. The highest BCUT2D eigenvalue weighted by molar-refractivity contribution is 8.00. The molecule has 0 aromatic rings. The molecule has 0 saturated carbocycles. The van der Waals surface area contributed by atoms with Crippen LogP contribution in [0.2, 0.25) is 0 Å². The molecule has 1 rings (SSSR count). The van der Waals surface area contributed by atoms with Crippen molar-refractivity contribution in [3.8, 4) is 0 Å². The Labute approximate surface area is 119 Å². The van der Waals surface area contributed by atoms with Gasteiger partial charge in [0.25, 0.3) is 0 Å². The molecule has 0 bridgehead atoms. The van der Waals surface area contributed by atoms with Gasteiger partial charge in [-0.25, -0.2) is 0 Å². The predicted octanol–water partition coefficient (Wildman–Crippen LogP) is 0.883. The van der Waals surface area contributed by atoms with Crippen molar-refractivity contribution in [1.29, 1.82) is 0 Å². The fourth-order valence-corrected chi connectivity index (χ4v) is 2.96. The molecule has 1 amide bonds. The first-order valence-electron chi connectivity index (χ1n) is 6.85. The van der Waals surface area contributed by atoms with Gasteiger partial charge in [-0.3, -0.25) is 9.59 Å². The fourth-order valence-electron chi connectivity index (χ4n) is 1.99. The summed E-state index contributed by atoms with van der Waals surface area (Å²) in [6, 6.07) is -0.318. The number of esters is 1. The molecule has 0 aromatic carbocycles. The van der Waals surface area contributed by atoms with Crippen LogP contribution in [0, 0.1) is 0 Å². The zero-order valence-corrected chi connectivity index (χ0v) is 12.6. The third-order valence-electron chi connectivity index (χ3n) is 3.10. The zero-order valence-electron chi connectivity index (χ0n) is 11.8. The summed E-state index contributed by atoms with van der Waals surface area (Å²) in [5.41, 5.74) is 0. The summed E-state index contributed by atoms with van der Waals surface area (Å²) in [6.07, 6.45) is 3.18. The summed E-state index contributed by atoms with van der Waals surface area (Å²) < 4.78 is 4.76. The standard InChI is InChI=1S/C13H24N2O3S/c1-3-6-14-11(13(17)18-2)9-19-10-12(16)15-7-4-5-8-15/h11,14H,3-10H2,1-2H3. The maximum atomic E-state index is 11.8. The Hall–Kier alpha value is -0.750. The number of nitrogens with zero attached hydrogens (tertiary/aromatic N) is 1. The van der Waals surface area contributed by atoms with Crippen LogP contribution in [0.5, 0.6) is 0 Å². The minimum absolute atomic E-state index is 0.182. The highest BCUT2D eigenvalue weighted by atomic mass is 32.2. The second kappa shape index (κ2) is 9.20. The van der Waals surface area contributed by atoms with Crippen molar-refractivity contribution < 1.29 is 14.3 Å². The van der Waals surface area contributed by atoms with Gasteiger partial charge in [-0.15, -0.1) is 11.8 Å². The molecular formula is C13H24N2O3S. The van der Waals surface area contributed by atoms with E-state index in [-0.39, 0.29) is 17.9 Å². The Morgan fingerprint density at radius 2 is 2.05 bits per heavy atom. The van der Waals surface area contributed by atoms with Gasteiger partial charge < -0.3 is 15.0 Å². The Balaban J connectivity index is 2.26. The van der Waals surface area contributed by atoms with E-state index in [0.717, 1.165) is 38.9 Å². The van der Waals surface area contributed by atoms with E-state index in [2.05, 4.69) is 5.32 Å². The number of hydrogen-bond donors (Lipinski definition) is 1. The van der Waals surface area contributed by atoms with Crippen LogP contribution in [-0.4, -0.2) is 61.1 Å². The summed E-state index contributed by atoms with van der Waals surface area (Å²) in [7, 11) is 1.39. The van der Waals surface area contributed by atoms with Gasteiger partial charge >= 0.3 is 5.97 Å². The van der Waals surface area contributed by atoms with Crippen LogP contribution in [0.15, 0.2) is 0 Å². The average Bonchev–Trinajstić information content (AvgIpc) is 2.95. The molecule has 1 atom stereocenters. The van der Waals surface area contributed by atoms with E-state index < -0.39 is 0 Å². The quantitative estimate of drug-likeness (QED) is 0.672. The Morgan fingerprint density at radius 3 is 2.63 bits per heavy atom. The topological polar surface area (TPSA) is 58.6 Å². The molecule has 1 N–H and O–H groups in total. The molecule has 1 heterocycles. The summed E-state index contributed by atoms with van der Waals surface area (Å²) in [4.78, 5) is 25.3. The second-order valence-electron chi connectivity index (χ2n) is 4.63. The minimum Gasteiger partial charge on any atom is -0.468 e. The predicted molar refractivity (Wildman–Crippen MR) is 77.2 cm³/mol. The molecular weight excluding hydrogens is 264 g/mol. The second-order valence-corrected chi connectivity index (χ2v) is 5.66. The van der Waals surface area contributed by atoms with Gasteiger partial charge in [0.15, 0.2) is 0 Å². The first-order valence-corrected chi connectivity index (χ1v) is 8.01. The molecule has 1 unspecified atom stereocenters. The van der Waals surface area contributed by atoms with Gasteiger partial charge in [0.05, 0.1) is 12.9 Å². The van der Waals surface area contributed by atoms with Crippen LogP contribution in [0.1, 0.15) is 26.2 Å². The molecule has 5 nitrogen and oxygen atoms in total. The van der Waals surface area contributed by atoms with Crippen molar-refractivity contribution in [1.82, 2.24) is 10.2 Å². The minimum atomic E-state index is -0.318. The number of amides is 1. The van der Waals surface area contributed by atoms with Crippen molar-refractivity contribution in [3.63, 3.8) is 0 Å². The van der Waals surface area contributed by atoms with E-state index in [9.17, 15) is 9.59 Å². The lowest BCUT2D eigenvalue weighted by Crippen LogP contribution is -2.40. The number of carbonyl (C=O) groups excluding carboxylic acids is 2. The van der Waals surface area contributed by atoms with Crippen LogP contribution in [0.4, 0.5) is 0 Å². The van der Waals surface area contributed by atoms with Gasteiger partial charge in [0.1, 0.15) is 6.04 Å². The summed E-state index contributed by atoms with van der Waals surface area (Å²) >= 11 is 1.50.